The van der Waals surface area contributed by atoms with Gasteiger partial charge in [-0.2, -0.15) is 4.31 Å². The van der Waals surface area contributed by atoms with E-state index in [2.05, 4.69) is 10.3 Å². The summed E-state index contributed by atoms with van der Waals surface area (Å²) in [5, 5.41) is 4.68. The van der Waals surface area contributed by atoms with Crippen LogP contribution >= 0.6 is 11.3 Å². The fraction of sp³-hybridized carbons (Fsp3) is 0.182. The Labute approximate surface area is 189 Å². The number of halogens is 1. The molecule has 4 rings (SSSR count). The maximum absolute atomic E-state index is 13.4. The Bertz CT molecular complexity index is 1390. The van der Waals surface area contributed by atoms with Gasteiger partial charge in [0, 0.05) is 35.8 Å². The Morgan fingerprint density at radius 3 is 2.59 bits per heavy atom. The number of rotatable bonds is 6. The van der Waals surface area contributed by atoms with Gasteiger partial charge in [0.2, 0.25) is 10.0 Å². The standard InChI is InChI=1S/C22H21FN4O3S2/c1-14(2)26(3)32(29,30)18-6-4-5-16(13-18)21(28)25-20-19(15-7-9-17(23)10-8-15)24-22-27(20)11-12-31-22/h4-14H,1-3H3,(H,25,28). The van der Waals surface area contributed by atoms with Gasteiger partial charge in [0.15, 0.2) is 4.96 Å². The van der Waals surface area contributed by atoms with E-state index in [0.29, 0.717) is 22.0 Å². The highest BCUT2D eigenvalue weighted by Crippen LogP contribution is 2.31. The molecule has 4 aromatic rings. The van der Waals surface area contributed by atoms with Crippen LogP contribution in [-0.4, -0.2) is 41.1 Å². The van der Waals surface area contributed by atoms with E-state index >= 15 is 0 Å². The lowest BCUT2D eigenvalue weighted by Crippen LogP contribution is -2.33. The Hall–Kier alpha value is -3.08. The van der Waals surface area contributed by atoms with Crippen LogP contribution in [0, 0.1) is 5.82 Å². The summed E-state index contributed by atoms with van der Waals surface area (Å²) in [6.07, 6.45) is 1.77. The number of nitrogens with one attached hydrogen (secondary N) is 1. The van der Waals surface area contributed by atoms with Gasteiger partial charge in [-0.15, -0.1) is 11.3 Å². The van der Waals surface area contributed by atoms with Gasteiger partial charge in [-0.25, -0.2) is 17.8 Å². The van der Waals surface area contributed by atoms with Crippen LogP contribution in [0.25, 0.3) is 16.2 Å². The predicted molar refractivity (Wildman–Crippen MR) is 123 cm³/mol. The second kappa shape index (κ2) is 8.45. The molecule has 0 bridgehead atoms. The lowest BCUT2D eigenvalue weighted by Gasteiger charge is -2.21. The summed E-state index contributed by atoms with van der Waals surface area (Å²) in [7, 11) is -2.23. The first-order chi connectivity index (χ1) is 15.2. The summed E-state index contributed by atoms with van der Waals surface area (Å²) < 4.78 is 42.0. The number of benzene rings is 2. The third kappa shape index (κ3) is 4.04. The summed E-state index contributed by atoms with van der Waals surface area (Å²) in [5.41, 5.74) is 1.33. The van der Waals surface area contributed by atoms with Crippen molar-refractivity contribution in [1.29, 1.82) is 0 Å². The van der Waals surface area contributed by atoms with Gasteiger partial charge in [-0.05, 0) is 56.3 Å². The summed E-state index contributed by atoms with van der Waals surface area (Å²) in [6.45, 7) is 3.55. The molecule has 32 heavy (non-hydrogen) atoms. The van der Waals surface area contributed by atoms with Crippen molar-refractivity contribution in [2.45, 2.75) is 24.8 Å². The Morgan fingerprint density at radius 2 is 1.91 bits per heavy atom. The lowest BCUT2D eigenvalue weighted by atomic mass is 10.1. The Kier molecular flexibility index (Phi) is 5.85. The molecule has 1 N–H and O–H groups in total. The van der Waals surface area contributed by atoms with E-state index in [1.165, 1.54) is 53.0 Å². The number of hydrogen-bond donors (Lipinski definition) is 1. The van der Waals surface area contributed by atoms with Crippen LogP contribution in [-0.2, 0) is 10.0 Å². The van der Waals surface area contributed by atoms with Crippen LogP contribution in [0.4, 0.5) is 10.2 Å². The molecule has 166 valence electrons. The molecule has 0 saturated carbocycles. The lowest BCUT2D eigenvalue weighted by molar-refractivity contribution is 0.102. The third-order valence-electron chi connectivity index (χ3n) is 5.11. The van der Waals surface area contributed by atoms with E-state index in [1.54, 1.807) is 42.6 Å². The molecule has 0 atom stereocenters. The van der Waals surface area contributed by atoms with Crippen molar-refractivity contribution < 1.29 is 17.6 Å². The number of amides is 1. The van der Waals surface area contributed by atoms with Gasteiger partial charge in [0.05, 0.1) is 4.90 Å². The van der Waals surface area contributed by atoms with Crippen molar-refractivity contribution in [3.05, 3.63) is 71.5 Å². The maximum Gasteiger partial charge on any atom is 0.256 e. The fourth-order valence-electron chi connectivity index (χ4n) is 3.14. The molecular formula is C22H21FN4O3S2. The van der Waals surface area contributed by atoms with Crippen LogP contribution in [0.3, 0.4) is 0 Å². The molecule has 0 aliphatic rings. The number of nitrogens with zero attached hydrogens (tertiary/aromatic N) is 3. The number of carbonyl (C=O) groups is 1. The first-order valence-corrected chi connectivity index (χ1v) is 12.1. The Balaban J connectivity index is 1.70. The molecule has 0 fully saturated rings. The van der Waals surface area contributed by atoms with Crippen molar-refractivity contribution in [2.75, 3.05) is 12.4 Å². The Morgan fingerprint density at radius 1 is 1.19 bits per heavy atom. The van der Waals surface area contributed by atoms with Crippen LogP contribution in [0.1, 0.15) is 24.2 Å². The molecule has 0 spiro atoms. The molecule has 0 radical (unpaired) electrons. The number of carbonyl (C=O) groups excluding carboxylic acids is 1. The number of hydrogen-bond acceptors (Lipinski definition) is 5. The molecule has 0 aliphatic heterocycles. The molecular weight excluding hydrogens is 451 g/mol. The van der Waals surface area contributed by atoms with E-state index in [4.69, 9.17) is 0 Å². The second-order valence-electron chi connectivity index (χ2n) is 7.47. The molecule has 0 saturated heterocycles. The van der Waals surface area contributed by atoms with Gasteiger partial charge < -0.3 is 5.32 Å². The number of aromatic nitrogens is 2. The van der Waals surface area contributed by atoms with Gasteiger partial charge in [-0.1, -0.05) is 6.07 Å². The number of fused-ring (bicyclic) bond motifs is 1. The van der Waals surface area contributed by atoms with E-state index in [9.17, 15) is 17.6 Å². The average molecular weight is 473 g/mol. The summed E-state index contributed by atoms with van der Waals surface area (Å²) in [5.74, 6) is -0.430. The molecule has 1 amide bonds. The molecule has 0 unspecified atom stereocenters. The first kappa shape index (κ1) is 22.1. The van der Waals surface area contributed by atoms with Crippen molar-refractivity contribution in [1.82, 2.24) is 13.7 Å². The largest absolute Gasteiger partial charge is 0.306 e. The third-order valence-corrected chi connectivity index (χ3v) is 7.90. The van der Waals surface area contributed by atoms with Crippen LogP contribution in [0.2, 0.25) is 0 Å². The second-order valence-corrected chi connectivity index (χ2v) is 10.3. The van der Waals surface area contributed by atoms with Crippen LogP contribution in [0.5, 0.6) is 0 Å². The van der Waals surface area contributed by atoms with Gasteiger partial charge in [-0.3, -0.25) is 9.20 Å². The van der Waals surface area contributed by atoms with Crippen LogP contribution in [0.15, 0.2) is 65.0 Å². The minimum absolute atomic E-state index is 0.0362. The van der Waals surface area contributed by atoms with Gasteiger partial charge >= 0.3 is 0 Å². The zero-order chi connectivity index (χ0) is 23.0. The number of thiazole rings is 1. The highest BCUT2D eigenvalue weighted by Gasteiger charge is 2.24. The fourth-order valence-corrected chi connectivity index (χ4v) is 5.26. The van der Waals surface area contributed by atoms with Crippen LogP contribution < -0.4 is 5.32 Å². The zero-order valence-corrected chi connectivity index (χ0v) is 19.2. The van der Waals surface area contributed by atoms with Gasteiger partial charge in [0.1, 0.15) is 17.3 Å². The van der Waals surface area contributed by atoms with Crippen molar-refractivity contribution in [3.63, 3.8) is 0 Å². The molecule has 0 aliphatic carbocycles. The first-order valence-electron chi connectivity index (χ1n) is 9.79. The smallest absolute Gasteiger partial charge is 0.256 e. The quantitative estimate of drug-likeness (QED) is 0.448. The van der Waals surface area contributed by atoms with E-state index in [0.717, 1.165) is 0 Å². The molecule has 7 nitrogen and oxygen atoms in total. The minimum Gasteiger partial charge on any atom is -0.306 e. The molecule has 2 aromatic carbocycles. The molecule has 2 heterocycles. The summed E-state index contributed by atoms with van der Waals surface area (Å²) in [6, 6.07) is 11.5. The normalized spacial score (nSPS) is 12.1. The SMILES string of the molecule is CC(C)N(C)S(=O)(=O)c1cccc(C(=O)Nc2c(-c3ccc(F)cc3)nc3sccn23)c1. The molecule has 10 heteroatoms. The molecule has 2 aromatic heterocycles. The van der Waals surface area contributed by atoms with Crippen molar-refractivity contribution >= 4 is 38.0 Å². The summed E-state index contributed by atoms with van der Waals surface area (Å²) >= 11 is 1.40. The zero-order valence-electron chi connectivity index (χ0n) is 17.6. The average Bonchev–Trinajstić information content (AvgIpc) is 3.36. The predicted octanol–water partition coefficient (Wildman–Crippen LogP) is 4.48. The summed E-state index contributed by atoms with van der Waals surface area (Å²) in [4.78, 5) is 18.3. The highest BCUT2D eigenvalue weighted by atomic mass is 32.2. The number of imidazole rings is 1. The topological polar surface area (TPSA) is 83.8 Å². The minimum atomic E-state index is -3.74. The van der Waals surface area contributed by atoms with E-state index < -0.39 is 15.9 Å². The van der Waals surface area contributed by atoms with Gasteiger partial charge in [0.25, 0.3) is 5.91 Å². The van der Waals surface area contributed by atoms with E-state index in [-0.39, 0.29) is 22.3 Å². The number of anilines is 1. The monoisotopic (exact) mass is 472 g/mol. The number of sulfonamides is 1. The highest BCUT2D eigenvalue weighted by molar-refractivity contribution is 7.89. The van der Waals surface area contributed by atoms with Crippen molar-refractivity contribution in [2.24, 2.45) is 0 Å². The van der Waals surface area contributed by atoms with E-state index in [1.807, 2.05) is 5.38 Å². The maximum atomic E-state index is 13.4. The van der Waals surface area contributed by atoms with Crippen molar-refractivity contribution in [3.8, 4) is 11.3 Å².